The molecule has 1 heterocycles. The monoisotopic (exact) mass is 440 g/mol. The van der Waals surface area contributed by atoms with E-state index in [4.69, 9.17) is 23.2 Å². The number of carbonyl (C=O) groups excluding carboxylic acids is 1. The molecule has 1 fully saturated rings. The predicted molar refractivity (Wildman–Crippen MR) is 113 cm³/mol. The number of hydrogen-bond donors (Lipinski definition) is 1. The van der Waals surface area contributed by atoms with Crippen molar-refractivity contribution in [1.29, 1.82) is 0 Å². The Balaban J connectivity index is 1.74. The molecule has 2 aromatic rings. The van der Waals surface area contributed by atoms with Gasteiger partial charge in [-0.3, -0.25) is 4.79 Å². The van der Waals surface area contributed by atoms with Crippen molar-refractivity contribution in [3.05, 3.63) is 58.1 Å². The van der Waals surface area contributed by atoms with Crippen LogP contribution in [0.2, 0.25) is 10.0 Å². The van der Waals surface area contributed by atoms with Crippen molar-refractivity contribution in [2.75, 3.05) is 25.0 Å². The number of carbonyl (C=O) groups is 1. The first-order valence-corrected chi connectivity index (χ1v) is 11.4. The summed E-state index contributed by atoms with van der Waals surface area (Å²) >= 11 is 12.0. The minimum atomic E-state index is -3.60. The van der Waals surface area contributed by atoms with Gasteiger partial charge >= 0.3 is 0 Å². The molecule has 0 spiro atoms. The standard InChI is InChI=1S/C20H22Cl2N2O3S/c21-16-8-9-18(22)19(13-16)23-14-20(25)15-6-5-7-17(12-15)28(26,27)24-10-3-1-2-4-11-24/h5-9,12-13,23H,1-4,10-11,14H2. The molecule has 2 aromatic carbocycles. The molecule has 0 atom stereocenters. The fourth-order valence-corrected chi connectivity index (χ4v) is 5.09. The molecule has 1 aliphatic heterocycles. The molecule has 1 saturated heterocycles. The van der Waals surface area contributed by atoms with Crippen LogP contribution in [0.15, 0.2) is 47.4 Å². The largest absolute Gasteiger partial charge is 0.376 e. The highest BCUT2D eigenvalue weighted by Gasteiger charge is 2.25. The summed E-state index contributed by atoms with van der Waals surface area (Å²) in [7, 11) is -3.60. The summed E-state index contributed by atoms with van der Waals surface area (Å²) < 4.78 is 27.4. The fourth-order valence-electron chi connectivity index (χ4n) is 3.17. The van der Waals surface area contributed by atoms with E-state index in [2.05, 4.69) is 5.32 Å². The SMILES string of the molecule is O=C(CNc1cc(Cl)ccc1Cl)c1cccc(S(=O)(=O)N2CCCCCC2)c1. The quantitative estimate of drug-likeness (QED) is 0.651. The van der Waals surface area contributed by atoms with Crippen LogP contribution in [-0.4, -0.2) is 38.1 Å². The van der Waals surface area contributed by atoms with Crippen molar-refractivity contribution in [1.82, 2.24) is 4.31 Å². The lowest BCUT2D eigenvalue weighted by Crippen LogP contribution is -2.32. The third-order valence-electron chi connectivity index (χ3n) is 4.73. The Hall–Kier alpha value is -1.60. The Bertz CT molecular complexity index is 956. The van der Waals surface area contributed by atoms with Gasteiger partial charge in [-0.2, -0.15) is 4.31 Å². The van der Waals surface area contributed by atoms with Gasteiger partial charge in [-0.25, -0.2) is 8.42 Å². The highest BCUT2D eigenvalue weighted by atomic mass is 35.5. The lowest BCUT2D eigenvalue weighted by molar-refractivity contribution is 0.101. The van der Waals surface area contributed by atoms with Crippen LogP contribution in [0.25, 0.3) is 0 Å². The molecule has 8 heteroatoms. The van der Waals surface area contributed by atoms with Crippen molar-refractivity contribution in [3.63, 3.8) is 0 Å². The first-order valence-electron chi connectivity index (χ1n) is 9.20. The Morgan fingerprint density at radius 1 is 1.00 bits per heavy atom. The average molecular weight is 441 g/mol. The Labute approximate surface area is 175 Å². The molecule has 0 unspecified atom stereocenters. The van der Waals surface area contributed by atoms with E-state index in [0.717, 1.165) is 25.7 Å². The van der Waals surface area contributed by atoms with Crippen LogP contribution in [-0.2, 0) is 10.0 Å². The number of rotatable bonds is 6. The second-order valence-electron chi connectivity index (χ2n) is 6.75. The van der Waals surface area contributed by atoms with E-state index >= 15 is 0 Å². The Kier molecular flexibility index (Phi) is 6.99. The third kappa shape index (κ3) is 5.06. The van der Waals surface area contributed by atoms with Gasteiger partial charge in [0.1, 0.15) is 0 Å². The molecule has 0 radical (unpaired) electrons. The summed E-state index contributed by atoms with van der Waals surface area (Å²) in [5.41, 5.74) is 0.886. The van der Waals surface area contributed by atoms with Gasteiger partial charge in [0, 0.05) is 23.7 Å². The first-order chi connectivity index (χ1) is 13.4. The number of nitrogens with zero attached hydrogens (tertiary/aromatic N) is 1. The average Bonchev–Trinajstić information content (AvgIpc) is 2.98. The zero-order valence-electron chi connectivity index (χ0n) is 15.3. The maximum atomic E-state index is 12.9. The smallest absolute Gasteiger partial charge is 0.243 e. The van der Waals surface area contributed by atoms with Gasteiger partial charge in [-0.1, -0.05) is 48.2 Å². The number of hydrogen-bond acceptors (Lipinski definition) is 4. The minimum absolute atomic E-state index is 0.0206. The van der Waals surface area contributed by atoms with E-state index in [1.54, 1.807) is 30.3 Å². The molecule has 0 amide bonds. The van der Waals surface area contributed by atoms with Gasteiger partial charge in [0.05, 0.1) is 22.2 Å². The van der Waals surface area contributed by atoms with Gasteiger partial charge in [0.15, 0.2) is 5.78 Å². The number of sulfonamides is 1. The van der Waals surface area contributed by atoms with E-state index in [-0.39, 0.29) is 17.2 Å². The topological polar surface area (TPSA) is 66.5 Å². The van der Waals surface area contributed by atoms with Crippen molar-refractivity contribution in [3.8, 4) is 0 Å². The summed E-state index contributed by atoms with van der Waals surface area (Å²) in [4.78, 5) is 12.7. The third-order valence-corrected chi connectivity index (χ3v) is 7.19. The van der Waals surface area contributed by atoms with Gasteiger partial charge in [0.25, 0.3) is 0 Å². The second-order valence-corrected chi connectivity index (χ2v) is 9.53. The van der Waals surface area contributed by atoms with Crippen LogP contribution in [0, 0.1) is 0 Å². The molecule has 150 valence electrons. The van der Waals surface area contributed by atoms with E-state index in [9.17, 15) is 13.2 Å². The molecule has 5 nitrogen and oxygen atoms in total. The zero-order valence-corrected chi connectivity index (χ0v) is 17.7. The summed E-state index contributed by atoms with van der Waals surface area (Å²) in [6.45, 7) is 1.03. The highest BCUT2D eigenvalue weighted by molar-refractivity contribution is 7.89. The van der Waals surface area contributed by atoms with Gasteiger partial charge in [-0.05, 0) is 43.2 Å². The lowest BCUT2D eigenvalue weighted by atomic mass is 10.1. The summed E-state index contributed by atoms with van der Waals surface area (Å²) in [5, 5.41) is 3.91. The lowest BCUT2D eigenvalue weighted by Gasteiger charge is -2.20. The van der Waals surface area contributed by atoms with Crippen molar-refractivity contribution in [2.24, 2.45) is 0 Å². The molecule has 3 rings (SSSR count). The number of benzene rings is 2. The molecule has 0 bridgehead atoms. The molecule has 28 heavy (non-hydrogen) atoms. The first kappa shape index (κ1) is 21.1. The van der Waals surface area contributed by atoms with Crippen LogP contribution in [0.1, 0.15) is 36.0 Å². The van der Waals surface area contributed by atoms with Crippen molar-refractivity contribution in [2.45, 2.75) is 30.6 Å². The second kappa shape index (κ2) is 9.27. The van der Waals surface area contributed by atoms with E-state index in [0.29, 0.717) is 34.4 Å². The van der Waals surface area contributed by atoms with Crippen molar-refractivity contribution < 1.29 is 13.2 Å². The Morgan fingerprint density at radius 3 is 2.43 bits per heavy atom. The number of nitrogens with one attached hydrogen (secondary N) is 1. The van der Waals surface area contributed by atoms with Gasteiger partial charge in [0.2, 0.25) is 10.0 Å². The zero-order chi connectivity index (χ0) is 20.1. The molecule has 1 aliphatic rings. The minimum Gasteiger partial charge on any atom is -0.376 e. The normalized spacial score (nSPS) is 15.8. The summed E-state index contributed by atoms with van der Waals surface area (Å²) in [6, 6.07) is 11.1. The molecular weight excluding hydrogens is 419 g/mol. The fraction of sp³-hybridized carbons (Fsp3) is 0.350. The molecular formula is C20H22Cl2N2O3S. The predicted octanol–water partition coefficient (Wildman–Crippen LogP) is 4.85. The van der Waals surface area contributed by atoms with Crippen LogP contribution in [0.4, 0.5) is 5.69 Å². The van der Waals surface area contributed by atoms with E-state index in [1.165, 1.54) is 16.4 Å². The molecule has 1 N–H and O–H groups in total. The summed E-state index contributed by atoms with van der Waals surface area (Å²) in [5.74, 6) is -0.232. The number of anilines is 1. The highest BCUT2D eigenvalue weighted by Crippen LogP contribution is 2.26. The number of ketones is 1. The van der Waals surface area contributed by atoms with Crippen molar-refractivity contribution >= 4 is 44.7 Å². The maximum Gasteiger partial charge on any atom is 0.243 e. The molecule has 0 aromatic heterocycles. The maximum absolute atomic E-state index is 12.9. The van der Waals surface area contributed by atoms with Gasteiger partial charge < -0.3 is 5.32 Å². The van der Waals surface area contributed by atoms with E-state index < -0.39 is 10.0 Å². The van der Waals surface area contributed by atoms with Gasteiger partial charge in [-0.15, -0.1) is 0 Å². The number of halogens is 2. The van der Waals surface area contributed by atoms with Crippen LogP contribution in [0.5, 0.6) is 0 Å². The molecule has 0 aliphatic carbocycles. The van der Waals surface area contributed by atoms with E-state index in [1.807, 2.05) is 0 Å². The van der Waals surface area contributed by atoms with Crippen LogP contribution in [0.3, 0.4) is 0 Å². The number of Topliss-reactive ketones (excluding diaryl/α,β-unsaturated/α-hetero) is 1. The summed E-state index contributed by atoms with van der Waals surface area (Å²) in [6.07, 6.45) is 3.81. The van der Waals surface area contributed by atoms with Crippen LogP contribution >= 0.6 is 23.2 Å². The van der Waals surface area contributed by atoms with Crippen LogP contribution < -0.4 is 5.32 Å². The molecule has 0 saturated carbocycles. The Morgan fingerprint density at radius 2 is 1.71 bits per heavy atom.